The zero-order valence-corrected chi connectivity index (χ0v) is 33.0. The number of hydrogen-bond donors (Lipinski definition) is 0. The first-order chi connectivity index (χ1) is 24.4. The summed E-state index contributed by atoms with van der Waals surface area (Å²) in [6.07, 6.45) is 3.94. The van der Waals surface area contributed by atoms with Crippen molar-refractivity contribution in [2.24, 2.45) is 0 Å². The molecule has 0 N–H and O–H groups in total. The molecule has 0 bridgehead atoms. The second-order valence-electron chi connectivity index (χ2n) is 8.29. The highest BCUT2D eigenvalue weighted by atomic mass is 16.5. The van der Waals surface area contributed by atoms with Crippen LogP contribution in [-0.4, -0.2) is 69.5 Å². The summed E-state index contributed by atoms with van der Waals surface area (Å²) in [5.74, 6) is 1.80. The molecule has 9 nitrogen and oxygen atoms in total. The van der Waals surface area contributed by atoms with Crippen molar-refractivity contribution >= 4 is 11.5 Å². The standard InChI is InChI=1S/C15H19NO4.C13H15N3O.6C2H6/c1-2-4-15(5-3-1)19-13-12-18-11-10-17-8-6-14-7-9-20-16-14;1-2-4-12(5-3-1)15-7-9-16(10-8-15)13-6-11-17-14-13;6*1-2/h1-5,7,9H,6,8,10-13H2;1-6,11H,7-10H2;6*1-2H3. The van der Waals surface area contributed by atoms with Gasteiger partial charge in [0.25, 0.3) is 0 Å². The van der Waals surface area contributed by atoms with E-state index >= 15 is 0 Å². The molecule has 1 fully saturated rings. The minimum Gasteiger partial charge on any atom is -0.491 e. The molecular formula is C40H70N4O5. The molecule has 0 unspecified atom stereocenters. The van der Waals surface area contributed by atoms with Crippen LogP contribution >= 0.6 is 0 Å². The monoisotopic (exact) mass is 687 g/mol. The zero-order chi connectivity index (χ0) is 37.4. The number of rotatable bonds is 12. The molecule has 0 radical (unpaired) electrons. The molecule has 1 saturated heterocycles. The molecule has 9 heteroatoms. The summed E-state index contributed by atoms with van der Waals surface area (Å²) in [7, 11) is 0. The fourth-order valence-corrected chi connectivity index (χ4v) is 3.80. The summed E-state index contributed by atoms with van der Waals surface area (Å²) in [5, 5.41) is 7.77. The highest BCUT2D eigenvalue weighted by Crippen LogP contribution is 2.18. The lowest BCUT2D eigenvalue weighted by atomic mass is 10.2. The Balaban J connectivity index is -0.000000665. The summed E-state index contributed by atoms with van der Waals surface area (Å²) >= 11 is 0. The molecule has 4 aromatic rings. The molecule has 0 aliphatic carbocycles. The molecule has 3 heterocycles. The number of hydrogen-bond acceptors (Lipinski definition) is 9. The smallest absolute Gasteiger partial charge is 0.172 e. The Kier molecular flexibility index (Phi) is 40.8. The molecule has 0 amide bonds. The van der Waals surface area contributed by atoms with Crippen molar-refractivity contribution in [3.8, 4) is 5.75 Å². The van der Waals surface area contributed by atoms with E-state index in [1.165, 1.54) is 5.69 Å². The van der Waals surface area contributed by atoms with E-state index in [4.69, 9.17) is 23.3 Å². The molecule has 0 atom stereocenters. The van der Waals surface area contributed by atoms with Crippen molar-refractivity contribution in [3.63, 3.8) is 0 Å². The summed E-state index contributed by atoms with van der Waals surface area (Å²) in [4.78, 5) is 4.65. The van der Waals surface area contributed by atoms with Crippen LogP contribution in [0, 0.1) is 0 Å². The second-order valence-corrected chi connectivity index (χ2v) is 8.29. The van der Waals surface area contributed by atoms with Crippen LogP contribution in [0.2, 0.25) is 0 Å². The number of piperazine rings is 1. The quantitative estimate of drug-likeness (QED) is 0.135. The van der Waals surface area contributed by atoms with E-state index in [-0.39, 0.29) is 0 Å². The molecule has 0 saturated carbocycles. The van der Waals surface area contributed by atoms with Crippen LogP contribution in [0.15, 0.2) is 94.4 Å². The molecule has 2 aromatic heterocycles. The topological polar surface area (TPSA) is 86.2 Å². The Morgan fingerprint density at radius 3 is 1.49 bits per heavy atom. The van der Waals surface area contributed by atoms with Crippen molar-refractivity contribution in [1.82, 2.24) is 10.3 Å². The van der Waals surface area contributed by atoms with E-state index in [1.807, 2.05) is 126 Å². The van der Waals surface area contributed by atoms with Crippen LogP contribution in [0.4, 0.5) is 11.5 Å². The van der Waals surface area contributed by atoms with Gasteiger partial charge in [-0.3, -0.25) is 0 Å². The van der Waals surface area contributed by atoms with E-state index in [1.54, 1.807) is 12.5 Å². The lowest BCUT2D eigenvalue weighted by molar-refractivity contribution is 0.0370. The number of anilines is 2. The van der Waals surface area contributed by atoms with Crippen molar-refractivity contribution in [3.05, 3.63) is 91.0 Å². The molecule has 1 aliphatic rings. The predicted octanol–water partition coefficient (Wildman–Crippen LogP) is 10.5. The van der Waals surface area contributed by atoms with Crippen LogP contribution in [0.25, 0.3) is 0 Å². The van der Waals surface area contributed by atoms with Gasteiger partial charge in [-0.2, -0.15) is 0 Å². The first-order valence-electron chi connectivity index (χ1n) is 18.6. The van der Waals surface area contributed by atoms with Gasteiger partial charge in [0.05, 0.1) is 32.1 Å². The third-order valence-corrected chi connectivity index (χ3v) is 5.75. The number of para-hydroxylation sites is 2. The largest absolute Gasteiger partial charge is 0.491 e. The van der Waals surface area contributed by atoms with Gasteiger partial charge in [-0.25, -0.2) is 0 Å². The van der Waals surface area contributed by atoms with Crippen LogP contribution in [0.1, 0.15) is 88.8 Å². The van der Waals surface area contributed by atoms with Crippen molar-refractivity contribution in [2.45, 2.75) is 89.5 Å². The average Bonchev–Trinajstić information content (AvgIpc) is 3.96. The van der Waals surface area contributed by atoms with Gasteiger partial charge in [-0.15, -0.1) is 0 Å². The number of benzene rings is 2. The van der Waals surface area contributed by atoms with Crippen LogP contribution in [-0.2, 0) is 15.9 Å². The maximum Gasteiger partial charge on any atom is 0.172 e. The van der Waals surface area contributed by atoms with E-state index in [0.29, 0.717) is 33.0 Å². The number of aromatic nitrogens is 2. The zero-order valence-electron chi connectivity index (χ0n) is 33.0. The first kappa shape index (κ1) is 49.6. The Morgan fingerprint density at radius 1 is 0.510 bits per heavy atom. The third-order valence-electron chi connectivity index (χ3n) is 5.75. The molecular weight excluding hydrogens is 616 g/mol. The minimum atomic E-state index is 0.545. The second kappa shape index (κ2) is 40.4. The van der Waals surface area contributed by atoms with Gasteiger partial charge < -0.3 is 33.1 Å². The fraction of sp³-hybridized carbons (Fsp3) is 0.550. The Morgan fingerprint density at radius 2 is 0.980 bits per heavy atom. The maximum atomic E-state index is 5.50. The maximum absolute atomic E-state index is 5.50. The van der Waals surface area contributed by atoms with E-state index in [9.17, 15) is 0 Å². The molecule has 280 valence electrons. The van der Waals surface area contributed by atoms with Crippen molar-refractivity contribution in [1.29, 1.82) is 0 Å². The fourth-order valence-electron chi connectivity index (χ4n) is 3.80. The predicted molar refractivity (Wildman–Crippen MR) is 209 cm³/mol. The lowest BCUT2D eigenvalue weighted by Crippen LogP contribution is -2.46. The molecule has 49 heavy (non-hydrogen) atoms. The Hall–Kier alpha value is -3.82. The number of nitrogens with zero attached hydrogens (tertiary/aromatic N) is 4. The van der Waals surface area contributed by atoms with Crippen LogP contribution in [0.3, 0.4) is 0 Å². The van der Waals surface area contributed by atoms with Gasteiger partial charge in [0.15, 0.2) is 5.82 Å². The van der Waals surface area contributed by atoms with Gasteiger partial charge in [-0.05, 0) is 24.3 Å². The van der Waals surface area contributed by atoms with E-state index in [2.05, 4.69) is 50.4 Å². The summed E-state index contributed by atoms with van der Waals surface area (Å²) in [5.41, 5.74) is 2.20. The van der Waals surface area contributed by atoms with Gasteiger partial charge >= 0.3 is 0 Å². The van der Waals surface area contributed by atoms with E-state index < -0.39 is 0 Å². The van der Waals surface area contributed by atoms with Crippen molar-refractivity contribution in [2.75, 3.05) is 69.0 Å². The first-order valence-corrected chi connectivity index (χ1v) is 18.6. The summed E-state index contributed by atoms with van der Waals surface area (Å²) in [6.45, 7) is 30.9. The third kappa shape index (κ3) is 24.9. The van der Waals surface area contributed by atoms with Crippen LogP contribution < -0.4 is 14.5 Å². The van der Waals surface area contributed by atoms with Gasteiger partial charge in [-0.1, -0.05) is 130 Å². The molecule has 2 aromatic carbocycles. The average molecular weight is 687 g/mol. The Bertz CT molecular complexity index is 1070. The molecule has 0 spiro atoms. The lowest BCUT2D eigenvalue weighted by Gasteiger charge is -2.35. The summed E-state index contributed by atoms with van der Waals surface area (Å²) in [6, 6.07) is 24.0. The van der Waals surface area contributed by atoms with E-state index in [0.717, 1.165) is 49.9 Å². The van der Waals surface area contributed by atoms with Crippen LogP contribution in [0.5, 0.6) is 5.75 Å². The molecule has 5 rings (SSSR count). The normalized spacial score (nSPS) is 10.7. The highest BCUT2D eigenvalue weighted by molar-refractivity contribution is 5.48. The van der Waals surface area contributed by atoms with Gasteiger partial charge in [0.2, 0.25) is 0 Å². The van der Waals surface area contributed by atoms with Crippen molar-refractivity contribution < 1.29 is 23.3 Å². The number of ether oxygens (including phenoxy) is 3. The van der Waals surface area contributed by atoms with Gasteiger partial charge in [0, 0.05) is 50.4 Å². The highest BCUT2D eigenvalue weighted by Gasteiger charge is 2.18. The van der Waals surface area contributed by atoms with Gasteiger partial charge in [0.1, 0.15) is 24.9 Å². The minimum absolute atomic E-state index is 0.545. The Labute approximate surface area is 299 Å². The summed E-state index contributed by atoms with van der Waals surface area (Å²) < 4.78 is 25.9. The molecule has 1 aliphatic heterocycles. The SMILES string of the molecule is CC.CC.CC.CC.CC.CC.c1ccc(N2CCN(c3ccon3)CC2)cc1.c1ccc(OCCOCCOCCc2ccon2)cc1.